The number of fused-ring (bicyclic) bond motifs is 2. The summed E-state index contributed by atoms with van der Waals surface area (Å²) in [5.74, 6) is 0. The van der Waals surface area contributed by atoms with Gasteiger partial charge in [0.1, 0.15) is 23.7 Å². The number of hydrogen-bond donors (Lipinski definition) is 0. The van der Waals surface area contributed by atoms with E-state index in [9.17, 15) is 9.59 Å². The van der Waals surface area contributed by atoms with Crippen molar-refractivity contribution in [3.63, 3.8) is 0 Å². The SMILES string of the molecule is O=c1c2cc(-c3cccc(-c4cccc(-c5cc6c(=O)n(CCn7nccn7)cnn6c5)c4Cl)c3Cl)cn2ncn1CCn1nccn1. The first kappa shape index (κ1) is 29.5. The second kappa shape index (κ2) is 12.1. The van der Waals surface area contributed by atoms with Gasteiger partial charge in [-0.25, -0.2) is 9.03 Å². The molecule has 8 rings (SSSR count). The molecule has 0 aliphatic rings. The van der Waals surface area contributed by atoms with E-state index in [2.05, 4.69) is 30.6 Å². The highest BCUT2D eigenvalue weighted by Crippen LogP contribution is 2.42. The Hall–Kier alpha value is -5.86. The van der Waals surface area contributed by atoms with Crippen molar-refractivity contribution in [2.75, 3.05) is 0 Å². The van der Waals surface area contributed by atoms with Crippen LogP contribution in [-0.4, -0.2) is 58.4 Å². The lowest BCUT2D eigenvalue weighted by molar-refractivity contribution is 0.469. The summed E-state index contributed by atoms with van der Waals surface area (Å²) in [6, 6.07) is 14.9. The summed E-state index contributed by atoms with van der Waals surface area (Å²) in [7, 11) is 0. The van der Waals surface area contributed by atoms with Gasteiger partial charge in [-0.1, -0.05) is 59.6 Å². The fourth-order valence-electron chi connectivity index (χ4n) is 5.70. The highest BCUT2D eigenvalue weighted by molar-refractivity contribution is 6.39. The molecule has 2 aromatic carbocycles. The Morgan fingerprint density at radius 2 is 0.917 bits per heavy atom. The lowest BCUT2D eigenvalue weighted by Crippen LogP contribution is -2.25. The van der Waals surface area contributed by atoms with Gasteiger partial charge in [0.05, 0.1) is 47.9 Å². The number of halogens is 2. The van der Waals surface area contributed by atoms with Gasteiger partial charge in [-0.15, -0.1) is 0 Å². The quantitative estimate of drug-likeness (QED) is 0.221. The second-order valence-corrected chi connectivity index (χ2v) is 11.7. The first-order chi connectivity index (χ1) is 23.4. The number of benzene rings is 2. The third-order valence-corrected chi connectivity index (χ3v) is 8.93. The Balaban J connectivity index is 1.11. The van der Waals surface area contributed by atoms with E-state index in [0.29, 0.717) is 58.4 Å². The summed E-state index contributed by atoms with van der Waals surface area (Å²) in [5.41, 5.74) is 4.77. The number of aryl methyl sites for hydroxylation is 4. The minimum Gasteiger partial charge on any atom is -0.294 e. The molecule has 0 N–H and O–H groups in total. The average Bonchev–Trinajstić information content (AvgIpc) is 3.92. The minimum absolute atomic E-state index is 0.192. The first-order valence-corrected chi connectivity index (χ1v) is 15.6. The van der Waals surface area contributed by atoms with E-state index in [1.165, 1.54) is 31.4 Å². The van der Waals surface area contributed by atoms with Gasteiger partial charge in [0.2, 0.25) is 0 Å². The van der Waals surface area contributed by atoms with Gasteiger partial charge in [-0.3, -0.25) is 18.7 Å². The van der Waals surface area contributed by atoms with Gasteiger partial charge in [0, 0.05) is 58.9 Å². The molecule has 0 amide bonds. The zero-order valence-electron chi connectivity index (χ0n) is 25.0. The summed E-state index contributed by atoms with van der Waals surface area (Å²) in [4.78, 5) is 29.6. The lowest BCUT2D eigenvalue weighted by Gasteiger charge is -2.13. The summed E-state index contributed by atoms with van der Waals surface area (Å²) in [6.45, 7) is 1.61. The smallest absolute Gasteiger partial charge is 0.277 e. The zero-order valence-corrected chi connectivity index (χ0v) is 26.5. The van der Waals surface area contributed by atoms with E-state index in [1.807, 2.05) is 36.4 Å². The van der Waals surface area contributed by atoms with Crippen LogP contribution in [0.5, 0.6) is 0 Å². The molecule has 0 aliphatic carbocycles. The fraction of sp³-hybridized carbons (Fsp3) is 0.125. The van der Waals surface area contributed by atoms with Gasteiger partial charge < -0.3 is 0 Å². The van der Waals surface area contributed by atoms with E-state index in [-0.39, 0.29) is 11.1 Å². The third kappa shape index (κ3) is 5.26. The predicted molar refractivity (Wildman–Crippen MR) is 179 cm³/mol. The largest absolute Gasteiger partial charge is 0.294 e. The van der Waals surface area contributed by atoms with Gasteiger partial charge in [0.15, 0.2) is 0 Å². The predicted octanol–water partition coefficient (Wildman–Crippen LogP) is 4.20. The van der Waals surface area contributed by atoms with E-state index >= 15 is 0 Å². The standard InChI is InChI=1S/C32H24Cl2N12O2/c33-29-23(21-15-27-31(47)41(19-39-43(27)17-21)11-13-45-35-7-8-36-45)3-1-5-25(29)26-6-2-4-24(30(26)34)22-16-28-32(48)42(20-40-44(28)18-22)12-14-46-37-9-10-38-46/h1-10,15-20H,11-14H2. The van der Waals surface area contributed by atoms with Crippen LogP contribution in [0.1, 0.15) is 0 Å². The van der Waals surface area contributed by atoms with Gasteiger partial charge in [-0.2, -0.15) is 40.2 Å². The average molecular weight is 680 g/mol. The highest BCUT2D eigenvalue weighted by Gasteiger charge is 2.18. The van der Waals surface area contributed by atoms with Crippen LogP contribution in [0.25, 0.3) is 44.4 Å². The number of nitrogens with zero attached hydrogens (tertiary/aromatic N) is 12. The molecular weight excluding hydrogens is 655 g/mol. The Morgan fingerprint density at radius 1 is 0.521 bits per heavy atom. The molecule has 0 atom stereocenters. The van der Waals surface area contributed by atoms with Crippen molar-refractivity contribution in [2.24, 2.45) is 0 Å². The van der Waals surface area contributed by atoms with E-state index in [1.54, 1.807) is 58.3 Å². The molecule has 48 heavy (non-hydrogen) atoms. The molecule has 6 heterocycles. The molecular formula is C32H24Cl2N12O2. The summed E-state index contributed by atoms with van der Waals surface area (Å²) < 4.78 is 6.15. The normalized spacial score (nSPS) is 11.6. The van der Waals surface area contributed by atoms with Crippen molar-refractivity contribution in [1.82, 2.24) is 58.4 Å². The molecule has 0 fully saturated rings. The Labute approximate surface area is 280 Å². The van der Waals surface area contributed by atoms with Crippen LogP contribution < -0.4 is 11.1 Å². The van der Waals surface area contributed by atoms with E-state index in [4.69, 9.17) is 23.2 Å². The maximum atomic E-state index is 13.3. The molecule has 238 valence electrons. The molecule has 0 saturated heterocycles. The van der Waals surface area contributed by atoms with Crippen LogP contribution in [0, 0.1) is 0 Å². The van der Waals surface area contributed by atoms with Crippen LogP contribution in [0.15, 0.2) is 108 Å². The third-order valence-electron chi connectivity index (χ3n) is 8.12. The van der Waals surface area contributed by atoms with Gasteiger partial charge in [-0.05, 0) is 12.1 Å². The Morgan fingerprint density at radius 3 is 1.33 bits per heavy atom. The van der Waals surface area contributed by atoms with E-state index in [0.717, 1.165) is 22.3 Å². The summed E-state index contributed by atoms with van der Waals surface area (Å²) >= 11 is 14.1. The van der Waals surface area contributed by atoms with Crippen LogP contribution in [0.3, 0.4) is 0 Å². The fourth-order valence-corrected chi connectivity index (χ4v) is 6.37. The van der Waals surface area contributed by atoms with Crippen molar-refractivity contribution in [3.8, 4) is 33.4 Å². The Bertz CT molecular complexity index is 2370. The topological polar surface area (TPSA) is 140 Å². The number of aromatic nitrogens is 12. The van der Waals surface area contributed by atoms with Crippen LogP contribution in [-0.2, 0) is 26.2 Å². The molecule has 14 nitrogen and oxygen atoms in total. The maximum Gasteiger partial charge on any atom is 0.277 e. The van der Waals surface area contributed by atoms with Crippen LogP contribution >= 0.6 is 23.2 Å². The summed E-state index contributed by atoms with van der Waals surface area (Å²) in [5, 5.41) is 26.2. The second-order valence-electron chi connectivity index (χ2n) is 11.0. The van der Waals surface area contributed by atoms with Crippen LogP contribution in [0.4, 0.5) is 0 Å². The van der Waals surface area contributed by atoms with Gasteiger partial charge >= 0.3 is 0 Å². The maximum absolute atomic E-state index is 13.3. The van der Waals surface area contributed by atoms with Gasteiger partial charge in [0.25, 0.3) is 11.1 Å². The molecule has 0 unspecified atom stereocenters. The molecule has 0 bridgehead atoms. The van der Waals surface area contributed by atoms with E-state index < -0.39 is 0 Å². The Kier molecular flexibility index (Phi) is 7.42. The monoisotopic (exact) mass is 678 g/mol. The highest BCUT2D eigenvalue weighted by atomic mass is 35.5. The summed E-state index contributed by atoms with van der Waals surface area (Å²) in [6.07, 6.45) is 12.9. The minimum atomic E-state index is -0.192. The first-order valence-electron chi connectivity index (χ1n) is 14.9. The van der Waals surface area contributed by atoms with Crippen molar-refractivity contribution < 1.29 is 0 Å². The molecule has 16 heteroatoms. The lowest BCUT2D eigenvalue weighted by atomic mass is 9.97. The van der Waals surface area contributed by atoms with Crippen LogP contribution in [0.2, 0.25) is 10.0 Å². The number of hydrogen-bond acceptors (Lipinski definition) is 8. The van der Waals surface area contributed by atoms with Crippen molar-refractivity contribution in [2.45, 2.75) is 26.2 Å². The van der Waals surface area contributed by atoms with Crippen molar-refractivity contribution >= 4 is 34.2 Å². The molecule has 6 aromatic heterocycles. The molecule has 0 spiro atoms. The molecule has 0 radical (unpaired) electrons. The van der Waals surface area contributed by atoms with Crippen molar-refractivity contribution in [3.05, 3.63) is 129 Å². The zero-order chi connectivity index (χ0) is 32.8. The number of rotatable bonds is 9. The molecule has 8 aromatic rings. The molecule has 0 aliphatic heterocycles. The van der Waals surface area contributed by atoms with Crippen molar-refractivity contribution in [1.29, 1.82) is 0 Å². The molecule has 0 saturated carbocycles.